The van der Waals surface area contributed by atoms with Crippen LogP contribution in [0.25, 0.3) is 11.1 Å². The smallest absolute Gasteiger partial charge is 0.337 e. The van der Waals surface area contributed by atoms with Crippen LogP contribution in [0.1, 0.15) is 51.9 Å². The molecular formula is C19H19N3O4. The summed E-state index contributed by atoms with van der Waals surface area (Å²) in [6.45, 7) is 5.75. The maximum atomic E-state index is 12.8. The lowest BCUT2D eigenvalue weighted by atomic mass is 10.0. The predicted octanol–water partition coefficient (Wildman–Crippen LogP) is 3.69. The van der Waals surface area contributed by atoms with Gasteiger partial charge in [0.2, 0.25) is 0 Å². The molecule has 1 aromatic carbocycles. The number of hydrogen-bond acceptors (Lipinski definition) is 6. The molecule has 0 fully saturated rings. The highest BCUT2D eigenvalue weighted by Crippen LogP contribution is 2.26. The number of carbonyl (C=O) groups is 2. The van der Waals surface area contributed by atoms with Crippen molar-refractivity contribution in [3.8, 4) is 0 Å². The Balaban J connectivity index is 1.94. The second-order valence-electron chi connectivity index (χ2n) is 6.22. The first kappa shape index (κ1) is 17.6. The lowest BCUT2D eigenvalue weighted by molar-refractivity contribution is 0.0600. The van der Waals surface area contributed by atoms with E-state index in [4.69, 9.17) is 4.52 Å². The minimum Gasteiger partial charge on any atom is -0.465 e. The number of rotatable bonds is 4. The lowest BCUT2D eigenvalue weighted by Gasteiger charge is -2.10. The average molecular weight is 353 g/mol. The second-order valence-corrected chi connectivity index (χ2v) is 6.22. The molecule has 0 aliphatic heterocycles. The summed E-state index contributed by atoms with van der Waals surface area (Å²) in [5, 5.41) is 7.34. The number of aryl methyl sites for hydroxylation is 1. The number of aromatic nitrogens is 2. The van der Waals surface area contributed by atoms with Gasteiger partial charge in [0.15, 0.2) is 0 Å². The van der Waals surface area contributed by atoms with Gasteiger partial charge in [-0.15, -0.1) is 0 Å². The van der Waals surface area contributed by atoms with Crippen LogP contribution in [0.2, 0.25) is 0 Å². The normalized spacial score (nSPS) is 11.0. The Bertz CT molecular complexity index is 974. The Morgan fingerprint density at radius 1 is 1.19 bits per heavy atom. The first-order chi connectivity index (χ1) is 12.4. The second kappa shape index (κ2) is 6.95. The van der Waals surface area contributed by atoms with Gasteiger partial charge < -0.3 is 14.6 Å². The van der Waals surface area contributed by atoms with Crippen molar-refractivity contribution in [3.05, 3.63) is 52.8 Å². The molecule has 2 heterocycles. The number of methoxy groups -OCH3 is 1. The molecule has 0 saturated heterocycles. The molecule has 0 spiro atoms. The van der Waals surface area contributed by atoms with Crippen LogP contribution in [-0.4, -0.2) is 29.1 Å². The number of nitrogens with one attached hydrogen (secondary N) is 1. The molecular weight excluding hydrogens is 334 g/mol. The molecule has 7 nitrogen and oxygen atoms in total. The van der Waals surface area contributed by atoms with Crippen molar-refractivity contribution in [3.63, 3.8) is 0 Å². The van der Waals surface area contributed by atoms with E-state index >= 15 is 0 Å². The number of carbonyl (C=O) groups excluding carboxylic acids is 2. The molecule has 1 N–H and O–H groups in total. The van der Waals surface area contributed by atoms with E-state index in [2.05, 4.69) is 20.2 Å². The molecule has 134 valence electrons. The van der Waals surface area contributed by atoms with Crippen LogP contribution in [-0.2, 0) is 4.74 Å². The molecule has 3 aromatic rings. The van der Waals surface area contributed by atoms with Crippen molar-refractivity contribution < 1.29 is 18.8 Å². The zero-order chi connectivity index (χ0) is 18.8. The van der Waals surface area contributed by atoms with Crippen LogP contribution in [0.3, 0.4) is 0 Å². The summed E-state index contributed by atoms with van der Waals surface area (Å²) in [7, 11) is 1.32. The monoisotopic (exact) mass is 353 g/mol. The highest BCUT2D eigenvalue weighted by molar-refractivity contribution is 6.12. The Labute approximate surface area is 150 Å². The van der Waals surface area contributed by atoms with Gasteiger partial charge in [0, 0.05) is 11.4 Å². The number of anilines is 1. The van der Waals surface area contributed by atoms with Crippen LogP contribution < -0.4 is 5.32 Å². The van der Waals surface area contributed by atoms with Gasteiger partial charge in [-0.3, -0.25) is 4.79 Å². The number of nitrogens with zero attached hydrogens (tertiary/aromatic N) is 2. The van der Waals surface area contributed by atoms with E-state index in [1.165, 1.54) is 7.11 Å². The molecule has 0 atom stereocenters. The maximum Gasteiger partial charge on any atom is 0.337 e. The van der Waals surface area contributed by atoms with Gasteiger partial charge in [0.05, 0.1) is 29.3 Å². The van der Waals surface area contributed by atoms with Gasteiger partial charge in [-0.05, 0) is 43.2 Å². The molecule has 0 aliphatic carbocycles. The molecule has 26 heavy (non-hydrogen) atoms. The van der Waals surface area contributed by atoms with Crippen molar-refractivity contribution >= 4 is 28.7 Å². The summed E-state index contributed by atoms with van der Waals surface area (Å²) in [5.74, 6) is -0.590. The SMILES string of the molecule is COC(=O)c1ccc(NC(=O)c2cc(C(C)C)nc3onc(C)c23)cc1. The summed E-state index contributed by atoms with van der Waals surface area (Å²) < 4.78 is 9.91. The number of benzene rings is 1. The van der Waals surface area contributed by atoms with Crippen molar-refractivity contribution in [2.75, 3.05) is 12.4 Å². The minimum atomic E-state index is -0.430. The van der Waals surface area contributed by atoms with E-state index in [1.54, 1.807) is 37.3 Å². The molecule has 1 amide bonds. The molecule has 0 unspecified atom stereocenters. The molecule has 0 radical (unpaired) electrons. The van der Waals surface area contributed by atoms with Crippen molar-refractivity contribution in [2.45, 2.75) is 26.7 Å². The van der Waals surface area contributed by atoms with Gasteiger partial charge in [-0.1, -0.05) is 19.0 Å². The van der Waals surface area contributed by atoms with Crippen molar-refractivity contribution in [1.29, 1.82) is 0 Å². The third-order valence-corrected chi connectivity index (χ3v) is 4.04. The summed E-state index contributed by atoms with van der Waals surface area (Å²) in [5.41, 5.74) is 3.13. The quantitative estimate of drug-likeness (QED) is 0.719. The van der Waals surface area contributed by atoms with Gasteiger partial charge >= 0.3 is 5.97 Å². The van der Waals surface area contributed by atoms with E-state index in [-0.39, 0.29) is 11.8 Å². The molecule has 2 aromatic heterocycles. The first-order valence-electron chi connectivity index (χ1n) is 8.17. The Morgan fingerprint density at radius 2 is 1.88 bits per heavy atom. The van der Waals surface area contributed by atoms with Gasteiger partial charge in [-0.2, -0.15) is 0 Å². The third-order valence-electron chi connectivity index (χ3n) is 4.04. The van der Waals surface area contributed by atoms with E-state index < -0.39 is 5.97 Å². The van der Waals surface area contributed by atoms with Gasteiger partial charge in [0.1, 0.15) is 0 Å². The van der Waals surface area contributed by atoms with E-state index in [0.717, 1.165) is 5.69 Å². The largest absolute Gasteiger partial charge is 0.465 e. The fourth-order valence-corrected chi connectivity index (χ4v) is 2.59. The zero-order valence-corrected chi connectivity index (χ0v) is 15.0. The van der Waals surface area contributed by atoms with Crippen molar-refractivity contribution in [2.24, 2.45) is 0 Å². The molecule has 7 heteroatoms. The van der Waals surface area contributed by atoms with Crippen LogP contribution >= 0.6 is 0 Å². The highest BCUT2D eigenvalue weighted by atomic mass is 16.5. The number of hydrogen-bond donors (Lipinski definition) is 1. The summed E-state index contributed by atoms with van der Waals surface area (Å²) in [6, 6.07) is 8.23. The minimum absolute atomic E-state index is 0.135. The number of fused-ring (bicyclic) bond motifs is 1. The van der Waals surface area contributed by atoms with Crippen LogP contribution in [0.4, 0.5) is 5.69 Å². The van der Waals surface area contributed by atoms with Gasteiger partial charge in [0.25, 0.3) is 11.6 Å². The molecule has 3 rings (SSSR count). The lowest BCUT2D eigenvalue weighted by Crippen LogP contribution is -2.14. The fourth-order valence-electron chi connectivity index (χ4n) is 2.59. The number of amides is 1. The third kappa shape index (κ3) is 3.28. The summed E-state index contributed by atoms with van der Waals surface area (Å²) in [4.78, 5) is 28.7. The van der Waals surface area contributed by atoms with Gasteiger partial charge in [-0.25, -0.2) is 9.78 Å². The Kier molecular flexibility index (Phi) is 4.71. The molecule has 0 saturated carbocycles. The highest BCUT2D eigenvalue weighted by Gasteiger charge is 2.20. The van der Waals surface area contributed by atoms with Crippen molar-refractivity contribution in [1.82, 2.24) is 10.1 Å². The predicted molar refractivity (Wildman–Crippen MR) is 96.4 cm³/mol. The fraction of sp³-hybridized carbons (Fsp3) is 0.263. The van der Waals surface area contributed by atoms with Crippen LogP contribution in [0.5, 0.6) is 0 Å². The first-order valence-corrected chi connectivity index (χ1v) is 8.17. The molecule has 0 bridgehead atoms. The topological polar surface area (TPSA) is 94.3 Å². The average Bonchev–Trinajstić information content (AvgIpc) is 3.02. The standard InChI is InChI=1S/C19H19N3O4/c1-10(2)15-9-14(16-11(3)22-26-18(16)21-15)17(23)20-13-7-5-12(6-8-13)19(24)25-4/h5-10H,1-4H3,(H,20,23). The summed E-state index contributed by atoms with van der Waals surface area (Å²) >= 11 is 0. The van der Waals surface area contributed by atoms with Crippen LogP contribution in [0.15, 0.2) is 34.9 Å². The maximum absolute atomic E-state index is 12.8. The Hall–Kier alpha value is -3.22. The molecule has 0 aliphatic rings. The zero-order valence-electron chi connectivity index (χ0n) is 15.0. The number of ether oxygens (including phenoxy) is 1. The van der Waals surface area contributed by atoms with E-state index in [9.17, 15) is 9.59 Å². The summed E-state index contributed by atoms with van der Waals surface area (Å²) in [6.07, 6.45) is 0. The van der Waals surface area contributed by atoms with E-state index in [0.29, 0.717) is 33.6 Å². The Morgan fingerprint density at radius 3 is 2.50 bits per heavy atom. The number of pyridine rings is 1. The number of esters is 1. The van der Waals surface area contributed by atoms with E-state index in [1.807, 2.05) is 13.8 Å². The van der Waals surface area contributed by atoms with Crippen LogP contribution in [0, 0.1) is 6.92 Å².